The van der Waals surface area contributed by atoms with Crippen molar-refractivity contribution in [3.63, 3.8) is 0 Å². The predicted octanol–water partition coefficient (Wildman–Crippen LogP) is 1.11. The molecule has 0 saturated carbocycles. The second-order valence-corrected chi connectivity index (χ2v) is 4.81. The van der Waals surface area contributed by atoms with Crippen molar-refractivity contribution in [3.05, 3.63) is 35.6 Å². The van der Waals surface area contributed by atoms with Gasteiger partial charge in [0.25, 0.3) is 0 Å². The molecule has 0 unspecified atom stereocenters. The number of halogens is 1. The Kier molecular flexibility index (Phi) is 3.74. The van der Waals surface area contributed by atoms with Crippen molar-refractivity contribution in [2.45, 2.75) is 6.42 Å². The number of carbonyl (C=O) groups excluding carboxylic acids is 1. The van der Waals surface area contributed by atoms with Crippen LogP contribution in [0.4, 0.5) is 4.39 Å². The van der Waals surface area contributed by atoms with E-state index in [1.54, 1.807) is 0 Å². The zero-order valence-electron chi connectivity index (χ0n) is 7.76. The first kappa shape index (κ1) is 12.0. The molecule has 0 saturated heterocycles. The third-order valence-electron chi connectivity index (χ3n) is 1.67. The monoisotopic (exact) mass is 232 g/mol. The van der Waals surface area contributed by atoms with E-state index in [9.17, 15) is 13.8 Å². The van der Waals surface area contributed by atoms with E-state index in [0.717, 1.165) is 6.07 Å². The number of Topliss-reactive ketones (excluding diaryl/α,β-unsaturated/α-hetero) is 1. The largest absolute Gasteiger partial charge is 0.332 e. The van der Waals surface area contributed by atoms with Crippen LogP contribution < -0.4 is 0 Å². The van der Waals surface area contributed by atoms with Crippen LogP contribution >= 0.6 is 7.60 Å². The molecule has 4 nitrogen and oxygen atoms in total. The molecule has 1 rings (SSSR count). The van der Waals surface area contributed by atoms with Crippen molar-refractivity contribution in [1.82, 2.24) is 0 Å². The topological polar surface area (TPSA) is 74.6 Å². The molecule has 0 atom stereocenters. The second-order valence-electron chi connectivity index (χ2n) is 3.17. The summed E-state index contributed by atoms with van der Waals surface area (Å²) < 4.78 is 23.2. The molecule has 0 aliphatic rings. The van der Waals surface area contributed by atoms with E-state index < -0.39 is 25.4 Å². The van der Waals surface area contributed by atoms with Gasteiger partial charge in [-0.1, -0.05) is 12.1 Å². The van der Waals surface area contributed by atoms with Gasteiger partial charge in [0.1, 0.15) is 17.8 Å². The fourth-order valence-corrected chi connectivity index (χ4v) is 1.73. The van der Waals surface area contributed by atoms with Crippen LogP contribution in [0.3, 0.4) is 0 Å². The minimum atomic E-state index is -4.31. The number of ketones is 1. The Morgan fingerprint density at radius 3 is 2.60 bits per heavy atom. The van der Waals surface area contributed by atoms with Gasteiger partial charge in [0.15, 0.2) is 0 Å². The first-order chi connectivity index (χ1) is 6.87. The maximum atomic E-state index is 12.7. The lowest BCUT2D eigenvalue weighted by molar-refractivity contribution is -0.116. The van der Waals surface area contributed by atoms with Crippen LogP contribution in [0.25, 0.3) is 0 Å². The molecule has 2 N–H and O–H groups in total. The molecule has 0 fully saturated rings. The van der Waals surface area contributed by atoms with Gasteiger partial charge >= 0.3 is 7.60 Å². The lowest BCUT2D eigenvalue weighted by Gasteiger charge is -2.03. The van der Waals surface area contributed by atoms with Crippen LogP contribution in [0, 0.1) is 5.82 Å². The summed E-state index contributed by atoms with van der Waals surface area (Å²) in [6.07, 6.45) is -0.966. The maximum absolute atomic E-state index is 12.7. The van der Waals surface area contributed by atoms with Crippen LogP contribution in [-0.2, 0) is 15.8 Å². The second kappa shape index (κ2) is 4.66. The van der Waals surface area contributed by atoms with Crippen LogP contribution in [0.1, 0.15) is 5.56 Å². The molecule has 0 bridgehead atoms. The van der Waals surface area contributed by atoms with E-state index in [1.807, 2.05) is 0 Å². The van der Waals surface area contributed by atoms with Gasteiger partial charge in [-0.3, -0.25) is 9.36 Å². The summed E-state index contributed by atoms with van der Waals surface area (Å²) in [6, 6.07) is 5.37. The van der Waals surface area contributed by atoms with Crippen LogP contribution in [-0.4, -0.2) is 21.7 Å². The first-order valence-electron chi connectivity index (χ1n) is 4.17. The summed E-state index contributed by atoms with van der Waals surface area (Å²) in [5, 5.41) is 0. The van der Waals surface area contributed by atoms with Crippen molar-refractivity contribution < 1.29 is 23.5 Å². The average Bonchev–Trinajstić information content (AvgIpc) is 1.99. The molecule has 15 heavy (non-hydrogen) atoms. The van der Waals surface area contributed by atoms with Crippen LogP contribution in [0.5, 0.6) is 0 Å². The van der Waals surface area contributed by atoms with Crippen LogP contribution in [0.2, 0.25) is 0 Å². The van der Waals surface area contributed by atoms with Crippen molar-refractivity contribution in [2.24, 2.45) is 0 Å². The molecule has 0 aliphatic heterocycles. The Balaban J connectivity index is 2.63. The first-order valence-corrected chi connectivity index (χ1v) is 5.97. The highest BCUT2D eigenvalue weighted by Crippen LogP contribution is 2.34. The lowest BCUT2D eigenvalue weighted by atomic mass is 10.1. The van der Waals surface area contributed by atoms with Gasteiger partial charge in [-0.15, -0.1) is 0 Å². The van der Waals surface area contributed by atoms with E-state index in [2.05, 4.69) is 0 Å². The van der Waals surface area contributed by atoms with Gasteiger partial charge in [0.05, 0.1) is 0 Å². The summed E-state index contributed by atoms with van der Waals surface area (Å²) in [5.74, 6) is -1.08. The summed E-state index contributed by atoms with van der Waals surface area (Å²) in [6.45, 7) is 0. The summed E-state index contributed by atoms with van der Waals surface area (Å²) in [5.41, 5.74) is 0.411. The number of hydrogen-bond donors (Lipinski definition) is 2. The van der Waals surface area contributed by atoms with Crippen molar-refractivity contribution in [2.75, 3.05) is 6.16 Å². The predicted molar refractivity (Wildman–Crippen MR) is 52.0 cm³/mol. The molecule has 0 aliphatic carbocycles. The summed E-state index contributed by atoms with van der Waals surface area (Å²) >= 11 is 0. The van der Waals surface area contributed by atoms with E-state index in [4.69, 9.17) is 9.79 Å². The molecular formula is C9H10FO4P. The van der Waals surface area contributed by atoms with Gasteiger partial charge in [-0.05, 0) is 17.7 Å². The average molecular weight is 232 g/mol. The summed E-state index contributed by atoms with van der Waals surface area (Å²) in [7, 11) is -4.31. The number of carbonyl (C=O) groups is 1. The molecule has 1 aromatic carbocycles. The molecule has 0 aromatic heterocycles. The number of rotatable bonds is 4. The molecule has 0 spiro atoms. The minimum absolute atomic E-state index is 0.164. The number of hydrogen-bond acceptors (Lipinski definition) is 2. The van der Waals surface area contributed by atoms with Crippen molar-refractivity contribution >= 4 is 13.4 Å². The zero-order valence-corrected chi connectivity index (χ0v) is 8.65. The molecule has 0 radical (unpaired) electrons. The van der Waals surface area contributed by atoms with E-state index in [-0.39, 0.29) is 6.42 Å². The van der Waals surface area contributed by atoms with Gasteiger partial charge in [0, 0.05) is 6.42 Å². The van der Waals surface area contributed by atoms with Gasteiger partial charge in [-0.2, -0.15) is 0 Å². The Morgan fingerprint density at radius 1 is 1.40 bits per heavy atom. The normalized spacial score (nSPS) is 11.4. The molecule has 0 amide bonds. The Hall–Kier alpha value is -1.03. The quantitative estimate of drug-likeness (QED) is 0.762. The van der Waals surface area contributed by atoms with E-state index in [1.165, 1.54) is 18.2 Å². The highest BCUT2D eigenvalue weighted by molar-refractivity contribution is 7.52. The third kappa shape index (κ3) is 4.83. The fraction of sp³-hybridized carbons (Fsp3) is 0.222. The fourth-order valence-electron chi connectivity index (χ4n) is 1.16. The standard InChI is InChI=1S/C9H10FO4P/c10-8-3-1-2-7(4-8)5-9(11)6-15(12,13)14/h1-4H,5-6H2,(H2,12,13,14). The lowest BCUT2D eigenvalue weighted by Crippen LogP contribution is -2.08. The Labute approximate surface area is 85.9 Å². The van der Waals surface area contributed by atoms with Crippen LogP contribution in [0.15, 0.2) is 24.3 Å². The Bertz CT molecular complexity index is 412. The highest BCUT2D eigenvalue weighted by atomic mass is 31.2. The Morgan fingerprint density at radius 2 is 2.07 bits per heavy atom. The maximum Gasteiger partial charge on any atom is 0.332 e. The van der Waals surface area contributed by atoms with Crippen molar-refractivity contribution in [1.29, 1.82) is 0 Å². The molecule has 0 heterocycles. The molecule has 82 valence electrons. The van der Waals surface area contributed by atoms with Gasteiger partial charge in [-0.25, -0.2) is 4.39 Å². The molecular weight excluding hydrogens is 222 g/mol. The minimum Gasteiger partial charge on any atom is -0.324 e. The SMILES string of the molecule is O=C(Cc1cccc(F)c1)CP(=O)(O)O. The zero-order chi connectivity index (χ0) is 11.5. The molecule has 6 heteroatoms. The third-order valence-corrected chi connectivity index (χ3v) is 2.44. The smallest absolute Gasteiger partial charge is 0.324 e. The molecule has 1 aromatic rings. The van der Waals surface area contributed by atoms with Gasteiger partial charge < -0.3 is 9.79 Å². The van der Waals surface area contributed by atoms with Crippen molar-refractivity contribution in [3.8, 4) is 0 Å². The van der Waals surface area contributed by atoms with E-state index >= 15 is 0 Å². The van der Waals surface area contributed by atoms with E-state index in [0.29, 0.717) is 5.56 Å². The summed E-state index contributed by atoms with van der Waals surface area (Å²) in [4.78, 5) is 28.2. The number of benzene rings is 1. The highest BCUT2D eigenvalue weighted by Gasteiger charge is 2.18. The van der Waals surface area contributed by atoms with Gasteiger partial charge in [0.2, 0.25) is 0 Å².